The summed E-state index contributed by atoms with van der Waals surface area (Å²) in [4.78, 5) is 0. The summed E-state index contributed by atoms with van der Waals surface area (Å²) in [5, 5.41) is 58.1. The van der Waals surface area contributed by atoms with Crippen molar-refractivity contribution in [2.75, 3.05) is 0 Å². The topological polar surface area (TPSA) is 138 Å². The van der Waals surface area contributed by atoms with Crippen LogP contribution in [0.15, 0.2) is 315 Å². The van der Waals surface area contributed by atoms with E-state index in [1.165, 1.54) is 0 Å². The fourth-order valence-corrected chi connectivity index (χ4v) is 19.1. The van der Waals surface area contributed by atoms with Crippen LogP contribution in [-0.4, -0.2) is 63.1 Å². The molecule has 20 rings (SSSR count). The maximum Gasteiger partial charge on any atom is 2.00 e. The van der Waals surface area contributed by atoms with Gasteiger partial charge in [0.1, 0.15) is 46.0 Å². The number of ether oxygens (including phenoxy) is 4. The molecule has 0 aliphatic rings. The van der Waals surface area contributed by atoms with Gasteiger partial charge in [-0.25, -0.2) is 0 Å². The molecule has 656 valence electrons. The fraction of sp³-hybridized carbons (Fsp3) is 0.155. The van der Waals surface area contributed by atoms with Crippen LogP contribution in [0, 0.1) is 70.2 Å². The molecule has 0 aliphatic carbocycles. The van der Waals surface area contributed by atoms with Gasteiger partial charge in [-0.05, 0) is 251 Å². The Bertz CT molecular complexity index is 6590. The number of hydrogen-bond acceptors (Lipinski definition) is 8. The summed E-state index contributed by atoms with van der Waals surface area (Å²) in [5.74, 6) is 3.53. The number of aromatic hydroxyl groups is 4. The number of phenols is 4. The number of nitrogens with zero attached hydrogens (tertiary/aromatic N) is 4. The summed E-state index contributed by atoms with van der Waals surface area (Å²) in [6.45, 7) is 24.8. The van der Waals surface area contributed by atoms with Crippen LogP contribution in [0.4, 0.5) is 0 Å². The third-order valence-corrected chi connectivity index (χ3v) is 24.6. The van der Waals surface area contributed by atoms with Gasteiger partial charge >= 0.3 is 26.2 Å². The van der Waals surface area contributed by atoms with Crippen LogP contribution < -0.4 is 18.9 Å². The second-order valence-electron chi connectivity index (χ2n) is 34.4. The molecule has 16 aromatic carbocycles. The normalized spacial score (nSPS) is 12.2. The number of para-hydroxylation sites is 8. The van der Waals surface area contributed by atoms with Gasteiger partial charge < -0.3 is 72.5 Å². The van der Waals surface area contributed by atoms with E-state index in [2.05, 4.69) is 333 Å². The van der Waals surface area contributed by atoms with Gasteiger partial charge in [-0.2, -0.15) is 0 Å². The first-order valence-corrected chi connectivity index (χ1v) is 49.9. The average molecular weight is 2030 g/mol. The van der Waals surface area contributed by atoms with Crippen LogP contribution in [0.25, 0.3) is 154 Å². The number of fused-ring (bicyclic) bond motifs is 12. The zero-order valence-electron chi connectivity index (χ0n) is 76.2. The van der Waals surface area contributed by atoms with Gasteiger partial charge in [0.05, 0.1) is 91.3 Å². The summed E-state index contributed by atoms with van der Waals surface area (Å²) in [6.07, 6.45) is 0.197. The van der Waals surface area contributed by atoms with E-state index in [1.807, 2.05) is 121 Å². The monoisotopic (exact) mass is 2030 g/mol. The zero-order chi connectivity index (χ0) is 89.0. The molecule has 20 aromatic rings. The molecule has 4 heterocycles. The molecule has 4 aromatic heterocycles. The Morgan fingerprint density at radius 1 is 0.221 bits per heavy atom. The minimum atomic E-state index is -0.242. The Kier molecular flexibility index (Phi) is 27.9. The van der Waals surface area contributed by atoms with E-state index in [9.17, 15) is 20.4 Å². The standard InChI is InChI=1S/2C57H50N2O4.2CH3.I2.Zr/c2*1-34-23-25-54(44(27-34)46-29-36(3)31-52(56(46)60)58-48-19-11-7-15-40(48)41-16-8-12-20-49(41)58)62-38(5)33-39(6)63-55-26-24-35(2)28-45(55)47-30-37(4)32-53(57(47)61)59-50-21-13-9-17-42(50)43-18-10-14-22-51(43)59;;;1-2;/h2*7-32,38-39,60-61H,33H2,1-6H3;2*1H3;;/q;;2*-1;;+2/t2*38-,39+;;;;. The molecule has 0 saturated heterocycles. The Morgan fingerprint density at radius 3 is 0.542 bits per heavy atom. The van der Waals surface area contributed by atoms with E-state index in [4.69, 9.17) is 18.9 Å². The molecule has 15 heteroatoms. The molecule has 0 radical (unpaired) electrons. The summed E-state index contributed by atoms with van der Waals surface area (Å²) < 4.78 is 35.8. The van der Waals surface area contributed by atoms with Gasteiger partial charge in [0.2, 0.25) is 0 Å². The molecular formula is C116H106I2N4O8Zr. The van der Waals surface area contributed by atoms with E-state index in [0.717, 1.165) is 177 Å². The Labute approximate surface area is 809 Å². The SMILES string of the molecule is Cc1ccc(O[C@H](C)C[C@H](C)Oc2ccc(C)cc2-c2cc(C)cc(-n3c4ccccc4c4ccccc43)c2O)c(-c2cc(C)cc(-n3c4ccccc4c4ccccc43)c2O)c1.Cc1ccc(O[C@H](C)C[C@H](C)Oc2ccc(C)cc2-c2cc(C)cc(-n3c4ccccc4c4ccccc43)c2O)c(-c2cc(C)cc(-n3c4ccccc4c4ccccc43)c2O)c1.II.[CH3-].[CH3-].[Zr+2]. The Balaban J connectivity index is 0.000000193. The predicted molar refractivity (Wildman–Crippen MR) is 560 cm³/mol. The number of aromatic nitrogens is 4. The number of phenolic OH excluding ortho intramolecular Hbond substituents is 4. The molecule has 4 atom stereocenters. The number of halogens is 2. The summed E-state index contributed by atoms with van der Waals surface area (Å²) in [7, 11) is 0. The molecule has 0 spiro atoms. The molecule has 12 nitrogen and oxygen atoms in total. The zero-order valence-corrected chi connectivity index (χ0v) is 83.0. The number of rotatable bonds is 20. The largest absolute Gasteiger partial charge is 2.00 e. The first kappa shape index (κ1) is 93.2. The Hall–Kier alpha value is -12.5. The van der Waals surface area contributed by atoms with Crippen LogP contribution >= 0.6 is 37.2 Å². The van der Waals surface area contributed by atoms with E-state index in [0.29, 0.717) is 58.1 Å². The quantitative estimate of drug-likeness (QED) is 0.0437. The first-order chi connectivity index (χ1) is 62.1. The van der Waals surface area contributed by atoms with Crippen molar-refractivity contribution in [2.45, 2.75) is 120 Å². The van der Waals surface area contributed by atoms with E-state index in [1.54, 1.807) is 0 Å². The van der Waals surface area contributed by atoms with Gasteiger partial charge in [0.25, 0.3) is 0 Å². The average Bonchev–Trinajstić information content (AvgIpc) is 1.61. The van der Waals surface area contributed by atoms with Crippen LogP contribution in [0.1, 0.15) is 85.0 Å². The van der Waals surface area contributed by atoms with Gasteiger partial charge in [-0.1, -0.05) is 192 Å². The molecule has 0 unspecified atom stereocenters. The van der Waals surface area contributed by atoms with Gasteiger partial charge in [-0.3, -0.25) is 0 Å². The van der Waals surface area contributed by atoms with Crippen molar-refractivity contribution in [2.24, 2.45) is 0 Å². The number of benzene rings is 16. The second kappa shape index (κ2) is 39.3. The second-order valence-corrected chi connectivity index (χ2v) is 34.4. The first-order valence-electron chi connectivity index (χ1n) is 43.6. The maximum atomic E-state index is 12.2. The molecule has 4 N–H and O–H groups in total. The number of hydrogen-bond donors (Lipinski definition) is 4. The van der Waals surface area contributed by atoms with Crippen molar-refractivity contribution < 1.29 is 65.6 Å². The van der Waals surface area contributed by atoms with Crippen LogP contribution in [0.2, 0.25) is 0 Å². The van der Waals surface area contributed by atoms with Crippen molar-refractivity contribution in [3.05, 3.63) is 375 Å². The van der Waals surface area contributed by atoms with Crippen molar-refractivity contribution in [1.82, 2.24) is 18.3 Å². The summed E-state index contributed by atoms with van der Waals surface area (Å²) in [5.41, 5.74) is 25.7. The maximum absolute atomic E-state index is 12.2. The van der Waals surface area contributed by atoms with E-state index >= 15 is 0 Å². The molecule has 131 heavy (non-hydrogen) atoms. The van der Waals surface area contributed by atoms with Gasteiger partial charge in [0, 0.05) is 138 Å². The Morgan fingerprint density at radius 2 is 0.374 bits per heavy atom. The van der Waals surface area contributed by atoms with Crippen LogP contribution in [0.5, 0.6) is 46.0 Å². The molecule has 0 amide bonds. The van der Waals surface area contributed by atoms with Crippen molar-refractivity contribution >= 4 is 124 Å². The predicted octanol–water partition coefficient (Wildman–Crippen LogP) is 31.6. The minimum Gasteiger partial charge on any atom is -0.505 e. The smallest absolute Gasteiger partial charge is 0.505 e. The van der Waals surface area contributed by atoms with Crippen LogP contribution in [-0.2, 0) is 26.2 Å². The minimum absolute atomic E-state index is 0. The van der Waals surface area contributed by atoms with Gasteiger partial charge in [0.15, 0.2) is 0 Å². The molecule has 0 aliphatic heterocycles. The molecular weight excluding hydrogens is 1920 g/mol. The third-order valence-electron chi connectivity index (χ3n) is 24.6. The van der Waals surface area contributed by atoms with Crippen molar-refractivity contribution in [3.63, 3.8) is 0 Å². The van der Waals surface area contributed by atoms with Gasteiger partial charge in [-0.15, -0.1) is 0 Å². The van der Waals surface area contributed by atoms with Crippen molar-refractivity contribution in [3.8, 4) is 113 Å². The fourth-order valence-electron chi connectivity index (χ4n) is 19.1. The molecule has 0 saturated carbocycles. The van der Waals surface area contributed by atoms with Crippen molar-refractivity contribution in [1.29, 1.82) is 0 Å². The number of aryl methyl sites for hydroxylation is 8. The third kappa shape index (κ3) is 17.9. The molecule has 0 fully saturated rings. The summed E-state index contributed by atoms with van der Waals surface area (Å²) >= 11 is 4.24. The van der Waals surface area contributed by atoms with E-state index < -0.39 is 0 Å². The molecule has 0 bridgehead atoms. The van der Waals surface area contributed by atoms with Crippen LogP contribution in [0.3, 0.4) is 0 Å². The van der Waals surface area contributed by atoms with E-state index in [-0.39, 0.29) is 88.5 Å². The summed E-state index contributed by atoms with van der Waals surface area (Å²) in [6, 6.07) is 108.